The first-order valence-corrected chi connectivity index (χ1v) is 4.62. The number of rotatable bonds is 2. The molecule has 0 saturated carbocycles. The van der Waals surface area contributed by atoms with Crippen molar-refractivity contribution in [3.05, 3.63) is 30.1 Å². The molecule has 1 saturated heterocycles. The third kappa shape index (κ3) is 1.61. The Morgan fingerprint density at radius 2 is 2.36 bits per heavy atom. The molecule has 74 valence electrons. The lowest BCUT2D eigenvalue weighted by Gasteiger charge is -2.37. The van der Waals surface area contributed by atoms with Gasteiger partial charge in [-0.05, 0) is 12.1 Å². The van der Waals surface area contributed by atoms with Crippen LogP contribution in [0.5, 0.6) is 0 Å². The van der Waals surface area contributed by atoms with Gasteiger partial charge < -0.3 is 10.0 Å². The van der Waals surface area contributed by atoms with E-state index in [1.54, 1.807) is 29.3 Å². The summed E-state index contributed by atoms with van der Waals surface area (Å²) in [5.41, 5.74) is 0.476. The molecule has 0 spiro atoms. The van der Waals surface area contributed by atoms with Crippen LogP contribution < -0.4 is 0 Å². The first kappa shape index (κ1) is 9.15. The molecule has 4 nitrogen and oxygen atoms in total. The Labute approximate surface area is 82.2 Å². The van der Waals surface area contributed by atoms with Gasteiger partial charge in [-0.1, -0.05) is 6.07 Å². The van der Waals surface area contributed by atoms with Crippen LogP contribution in [0.15, 0.2) is 24.4 Å². The molecular weight excluding hydrogens is 180 g/mol. The van der Waals surface area contributed by atoms with Crippen molar-refractivity contribution in [2.45, 2.75) is 0 Å². The van der Waals surface area contributed by atoms with Crippen LogP contribution in [0.1, 0.15) is 10.5 Å². The van der Waals surface area contributed by atoms with Crippen LogP contribution in [-0.4, -0.2) is 40.6 Å². The molecule has 14 heavy (non-hydrogen) atoms. The molecule has 1 aromatic heterocycles. The lowest BCUT2D eigenvalue weighted by Crippen LogP contribution is -2.51. The molecule has 1 N–H and O–H groups in total. The largest absolute Gasteiger partial charge is 0.396 e. The third-order valence-electron chi connectivity index (χ3n) is 2.39. The van der Waals surface area contributed by atoms with E-state index in [4.69, 9.17) is 5.11 Å². The molecule has 0 aliphatic carbocycles. The van der Waals surface area contributed by atoms with E-state index in [-0.39, 0.29) is 18.4 Å². The van der Waals surface area contributed by atoms with Crippen molar-refractivity contribution in [1.29, 1.82) is 0 Å². The highest BCUT2D eigenvalue weighted by Gasteiger charge is 2.30. The van der Waals surface area contributed by atoms with E-state index in [2.05, 4.69) is 4.98 Å². The highest BCUT2D eigenvalue weighted by molar-refractivity contribution is 5.92. The highest BCUT2D eigenvalue weighted by Crippen LogP contribution is 2.16. The van der Waals surface area contributed by atoms with Crippen molar-refractivity contribution in [2.24, 2.45) is 5.92 Å². The van der Waals surface area contributed by atoms with Crippen molar-refractivity contribution in [1.82, 2.24) is 9.88 Å². The van der Waals surface area contributed by atoms with Crippen molar-refractivity contribution in [3.63, 3.8) is 0 Å². The minimum absolute atomic E-state index is 0.0460. The minimum Gasteiger partial charge on any atom is -0.396 e. The third-order valence-corrected chi connectivity index (χ3v) is 2.39. The molecule has 0 aromatic carbocycles. The van der Waals surface area contributed by atoms with E-state index < -0.39 is 0 Å². The summed E-state index contributed by atoms with van der Waals surface area (Å²) >= 11 is 0. The summed E-state index contributed by atoms with van der Waals surface area (Å²) in [5.74, 6) is 0.206. The topological polar surface area (TPSA) is 53.4 Å². The van der Waals surface area contributed by atoms with Crippen molar-refractivity contribution in [3.8, 4) is 0 Å². The molecule has 0 radical (unpaired) electrons. The van der Waals surface area contributed by atoms with Crippen molar-refractivity contribution < 1.29 is 9.90 Å². The van der Waals surface area contributed by atoms with Gasteiger partial charge in [-0.2, -0.15) is 0 Å². The zero-order valence-electron chi connectivity index (χ0n) is 7.76. The molecule has 2 rings (SSSR count). The first-order valence-electron chi connectivity index (χ1n) is 4.62. The fourth-order valence-corrected chi connectivity index (χ4v) is 1.50. The summed E-state index contributed by atoms with van der Waals surface area (Å²) < 4.78 is 0. The monoisotopic (exact) mass is 192 g/mol. The van der Waals surface area contributed by atoms with Crippen LogP contribution >= 0.6 is 0 Å². The van der Waals surface area contributed by atoms with Crippen LogP contribution in [0.2, 0.25) is 0 Å². The van der Waals surface area contributed by atoms with Gasteiger partial charge in [0, 0.05) is 31.8 Å². The maximum atomic E-state index is 11.7. The number of amides is 1. The van der Waals surface area contributed by atoms with Crippen molar-refractivity contribution in [2.75, 3.05) is 19.7 Å². The maximum absolute atomic E-state index is 11.7. The Hall–Kier alpha value is -1.42. The summed E-state index contributed by atoms with van der Waals surface area (Å²) in [4.78, 5) is 17.3. The Morgan fingerprint density at radius 3 is 2.93 bits per heavy atom. The molecule has 1 amide bonds. The van der Waals surface area contributed by atoms with Gasteiger partial charge >= 0.3 is 0 Å². The first-order chi connectivity index (χ1) is 6.81. The number of likely N-dealkylation sites (tertiary alicyclic amines) is 1. The van der Waals surface area contributed by atoms with E-state index in [0.717, 1.165) is 0 Å². The van der Waals surface area contributed by atoms with Crippen LogP contribution in [0.25, 0.3) is 0 Å². The predicted octanol–water partition coefficient (Wildman–Crippen LogP) is 0.146. The van der Waals surface area contributed by atoms with Crippen LogP contribution in [0.3, 0.4) is 0 Å². The second kappa shape index (κ2) is 3.75. The predicted molar refractivity (Wildman–Crippen MR) is 50.7 cm³/mol. The van der Waals surface area contributed by atoms with E-state index in [0.29, 0.717) is 18.8 Å². The Kier molecular flexibility index (Phi) is 2.45. The molecule has 1 aromatic rings. The van der Waals surface area contributed by atoms with E-state index in [1.807, 2.05) is 0 Å². The summed E-state index contributed by atoms with van der Waals surface area (Å²) in [6.07, 6.45) is 1.61. The van der Waals surface area contributed by atoms with Gasteiger partial charge in [0.15, 0.2) is 0 Å². The Bertz CT molecular complexity index is 320. The Morgan fingerprint density at radius 1 is 1.57 bits per heavy atom. The molecule has 0 unspecified atom stereocenters. The molecular formula is C10H12N2O2. The van der Waals surface area contributed by atoms with Gasteiger partial charge in [-0.15, -0.1) is 0 Å². The number of hydrogen-bond donors (Lipinski definition) is 1. The van der Waals surface area contributed by atoms with Gasteiger partial charge in [0.25, 0.3) is 5.91 Å². The fourth-order valence-electron chi connectivity index (χ4n) is 1.50. The molecule has 1 aliphatic rings. The smallest absolute Gasteiger partial charge is 0.272 e. The molecule has 1 aliphatic heterocycles. The van der Waals surface area contributed by atoms with Gasteiger partial charge in [-0.25, -0.2) is 0 Å². The standard InChI is InChI=1S/C10H12N2O2/c13-7-8-5-12(6-8)10(14)9-3-1-2-4-11-9/h1-4,8,13H,5-7H2. The van der Waals surface area contributed by atoms with Crippen LogP contribution in [0, 0.1) is 5.92 Å². The number of nitrogens with zero attached hydrogens (tertiary/aromatic N) is 2. The summed E-state index contributed by atoms with van der Waals surface area (Å²) in [5, 5.41) is 8.80. The molecule has 0 atom stereocenters. The van der Waals surface area contributed by atoms with Gasteiger partial charge in [0.05, 0.1) is 0 Å². The number of aliphatic hydroxyl groups excluding tert-OH is 1. The Balaban J connectivity index is 1.98. The van der Waals surface area contributed by atoms with Crippen LogP contribution in [0.4, 0.5) is 0 Å². The van der Waals surface area contributed by atoms with Crippen molar-refractivity contribution >= 4 is 5.91 Å². The van der Waals surface area contributed by atoms with Gasteiger partial charge in [0.1, 0.15) is 5.69 Å². The lowest BCUT2D eigenvalue weighted by atomic mass is 10.0. The molecule has 2 heterocycles. The quantitative estimate of drug-likeness (QED) is 0.725. The summed E-state index contributed by atoms with van der Waals surface area (Å²) in [7, 11) is 0. The number of hydrogen-bond acceptors (Lipinski definition) is 3. The molecule has 0 bridgehead atoms. The van der Waals surface area contributed by atoms with Gasteiger partial charge in [-0.3, -0.25) is 9.78 Å². The van der Waals surface area contributed by atoms with Crippen LogP contribution in [-0.2, 0) is 0 Å². The zero-order chi connectivity index (χ0) is 9.97. The number of aromatic nitrogens is 1. The number of carbonyl (C=O) groups excluding carboxylic acids is 1. The lowest BCUT2D eigenvalue weighted by molar-refractivity contribution is 0.0356. The number of pyridine rings is 1. The van der Waals surface area contributed by atoms with E-state index in [1.165, 1.54) is 0 Å². The number of aliphatic hydroxyl groups is 1. The van der Waals surface area contributed by atoms with Gasteiger partial charge in [0.2, 0.25) is 0 Å². The summed E-state index contributed by atoms with van der Waals surface area (Å²) in [6.45, 7) is 1.45. The average molecular weight is 192 g/mol. The molecule has 1 fully saturated rings. The second-order valence-electron chi connectivity index (χ2n) is 3.47. The minimum atomic E-state index is -0.0460. The second-order valence-corrected chi connectivity index (χ2v) is 3.47. The summed E-state index contributed by atoms with van der Waals surface area (Å²) in [6, 6.07) is 5.28. The SMILES string of the molecule is O=C(c1ccccn1)N1CC(CO)C1. The number of carbonyl (C=O) groups is 1. The highest BCUT2D eigenvalue weighted by atomic mass is 16.3. The average Bonchev–Trinajstić information content (AvgIpc) is 2.17. The molecule has 4 heteroatoms. The fraction of sp³-hybridized carbons (Fsp3) is 0.400. The van der Waals surface area contributed by atoms with E-state index >= 15 is 0 Å². The normalized spacial score (nSPS) is 16.5. The van der Waals surface area contributed by atoms with E-state index in [9.17, 15) is 4.79 Å². The maximum Gasteiger partial charge on any atom is 0.272 e. The zero-order valence-corrected chi connectivity index (χ0v) is 7.76.